The van der Waals surface area contributed by atoms with Gasteiger partial charge in [-0.25, -0.2) is 4.79 Å². The molecule has 3 aliphatic rings. The molecule has 0 saturated carbocycles. The summed E-state index contributed by atoms with van der Waals surface area (Å²) < 4.78 is 0. The number of nitrogens with one attached hydrogen (secondary N) is 1. The number of urea groups is 1. The predicted octanol–water partition coefficient (Wildman–Crippen LogP) is 0.734. The van der Waals surface area contributed by atoms with Crippen molar-refractivity contribution in [3.8, 4) is 0 Å². The van der Waals surface area contributed by atoms with Gasteiger partial charge < -0.3 is 20.0 Å². The topological polar surface area (TPSA) is 55.9 Å². The molecule has 124 valence electrons. The van der Waals surface area contributed by atoms with Crippen LogP contribution in [-0.2, 0) is 4.79 Å². The first-order chi connectivity index (χ1) is 10.6. The molecule has 0 aromatic rings. The van der Waals surface area contributed by atoms with Crippen molar-refractivity contribution in [3.63, 3.8) is 0 Å². The molecule has 0 bridgehead atoms. The summed E-state index contributed by atoms with van der Waals surface area (Å²) in [7, 11) is 3.80. The van der Waals surface area contributed by atoms with Crippen molar-refractivity contribution in [2.24, 2.45) is 5.41 Å². The fourth-order valence-corrected chi connectivity index (χ4v) is 4.59. The summed E-state index contributed by atoms with van der Waals surface area (Å²) in [6.45, 7) is 4.24. The molecule has 0 aliphatic carbocycles. The molecule has 6 heteroatoms. The highest BCUT2D eigenvalue weighted by Crippen LogP contribution is 2.44. The zero-order valence-electron chi connectivity index (χ0n) is 13.8. The molecule has 6 nitrogen and oxygen atoms in total. The summed E-state index contributed by atoms with van der Waals surface area (Å²) in [6.07, 6.45) is 4.89. The van der Waals surface area contributed by atoms with E-state index in [0.29, 0.717) is 12.5 Å². The van der Waals surface area contributed by atoms with E-state index < -0.39 is 0 Å². The van der Waals surface area contributed by atoms with Crippen LogP contribution < -0.4 is 5.32 Å². The Balaban J connectivity index is 1.82. The second-order valence-electron chi connectivity index (χ2n) is 6.98. The van der Waals surface area contributed by atoms with E-state index in [1.807, 2.05) is 4.90 Å². The number of hydrogen-bond donors (Lipinski definition) is 1. The van der Waals surface area contributed by atoms with Crippen molar-refractivity contribution in [1.29, 1.82) is 0 Å². The molecule has 22 heavy (non-hydrogen) atoms. The lowest BCUT2D eigenvalue weighted by atomic mass is 9.75. The van der Waals surface area contributed by atoms with E-state index >= 15 is 0 Å². The Kier molecular flexibility index (Phi) is 4.30. The summed E-state index contributed by atoms with van der Waals surface area (Å²) in [6, 6.07) is 0.252. The van der Waals surface area contributed by atoms with Crippen LogP contribution >= 0.6 is 0 Å². The number of hydrogen-bond acceptors (Lipinski definition) is 3. The maximum Gasteiger partial charge on any atom is 0.317 e. The number of rotatable bonds is 1. The summed E-state index contributed by atoms with van der Waals surface area (Å²) >= 11 is 0. The van der Waals surface area contributed by atoms with Crippen LogP contribution in [0.25, 0.3) is 0 Å². The Morgan fingerprint density at radius 3 is 2.36 bits per heavy atom. The zero-order chi connectivity index (χ0) is 15.7. The summed E-state index contributed by atoms with van der Waals surface area (Å²) in [5.41, 5.74) is -0.276. The highest BCUT2D eigenvalue weighted by molar-refractivity contribution is 5.84. The number of nitrogens with zero attached hydrogens (tertiary/aromatic N) is 3. The lowest BCUT2D eigenvalue weighted by molar-refractivity contribution is -0.142. The first-order valence-corrected chi connectivity index (χ1v) is 8.55. The lowest BCUT2D eigenvalue weighted by Gasteiger charge is -2.37. The van der Waals surface area contributed by atoms with Crippen molar-refractivity contribution in [1.82, 2.24) is 20.0 Å². The molecule has 3 heterocycles. The van der Waals surface area contributed by atoms with Crippen molar-refractivity contribution in [2.45, 2.75) is 38.1 Å². The summed E-state index contributed by atoms with van der Waals surface area (Å²) in [4.78, 5) is 31.5. The van der Waals surface area contributed by atoms with Crippen molar-refractivity contribution in [2.75, 3.05) is 46.8 Å². The smallest absolute Gasteiger partial charge is 0.317 e. The van der Waals surface area contributed by atoms with Gasteiger partial charge in [0.15, 0.2) is 0 Å². The third kappa shape index (κ3) is 2.47. The predicted molar refractivity (Wildman–Crippen MR) is 84.5 cm³/mol. The fraction of sp³-hybridized carbons (Fsp3) is 0.875. The first kappa shape index (κ1) is 15.6. The molecule has 2 atom stereocenters. The number of fused-ring (bicyclic) bond motifs is 1. The Morgan fingerprint density at radius 1 is 1.00 bits per heavy atom. The summed E-state index contributed by atoms with van der Waals surface area (Å²) in [5, 5.41) is 2.71. The minimum Gasteiger partial charge on any atom is -0.342 e. The van der Waals surface area contributed by atoms with Gasteiger partial charge in [0, 0.05) is 39.3 Å². The molecule has 0 radical (unpaired) electrons. The van der Waals surface area contributed by atoms with E-state index in [9.17, 15) is 9.59 Å². The second-order valence-corrected chi connectivity index (χ2v) is 6.98. The minimum atomic E-state index is -0.276. The van der Waals surface area contributed by atoms with Gasteiger partial charge in [-0.3, -0.25) is 4.79 Å². The van der Waals surface area contributed by atoms with Crippen LogP contribution in [0, 0.1) is 5.41 Å². The molecular weight excluding hydrogens is 280 g/mol. The quantitative estimate of drug-likeness (QED) is 0.777. The Bertz CT molecular complexity index is 449. The van der Waals surface area contributed by atoms with Gasteiger partial charge in [-0.2, -0.15) is 0 Å². The van der Waals surface area contributed by atoms with Gasteiger partial charge >= 0.3 is 6.03 Å². The molecule has 0 aromatic carbocycles. The molecule has 3 rings (SSSR count). The van der Waals surface area contributed by atoms with Gasteiger partial charge in [0.2, 0.25) is 5.91 Å². The van der Waals surface area contributed by atoms with Crippen LogP contribution in [0.15, 0.2) is 0 Å². The van der Waals surface area contributed by atoms with E-state index in [-0.39, 0.29) is 17.5 Å². The Hall–Kier alpha value is -1.30. The van der Waals surface area contributed by atoms with Crippen LogP contribution in [0.5, 0.6) is 0 Å². The van der Waals surface area contributed by atoms with E-state index in [2.05, 4.69) is 22.2 Å². The van der Waals surface area contributed by atoms with Crippen molar-refractivity contribution in [3.05, 3.63) is 0 Å². The monoisotopic (exact) mass is 308 g/mol. The van der Waals surface area contributed by atoms with Crippen molar-refractivity contribution >= 4 is 11.9 Å². The second kappa shape index (κ2) is 6.07. The summed E-state index contributed by atoms with van der Waals surface area (Å²) in [5.74, 6) is 0.345. The number of amides is 3. The van der Waals surface area contributed by atoms with Crippen LogP contribution in [0.4, 0.5) is 4.79 Å². The molecule has 0 spiro atoms. The highest BCUT2D eigenvalue weighted by atomic mass is 16.2. The molecule has 3 aliphatic heterocycles. The molecule has 3 saturated heterocycles. The normalized spacial score (nSPS) is 32.7. The van der Waals surface area contributed by atoms with Gasteiger partial charge in [-0.05, 0) is 45.7 Å². The van der Waals surface area contributed by atoms with Crippen LogP contribution in [0.2, 0.25) is 0 Å². The maximum atomic E-state index is 13.2. The minimum absolute atomic E-state index is 0.0219. The van der Waals surface area contributed by atoms with Gasteiger partial charge in [-0.15, -0.1) is 0 Å². The zero-order valence-corrected chi connectivity index (χ0v) is 13.8. The van der Waals surface area contributed by atoms with Gasteiger partial charge in [0.05, 0.1) is 5.41 Å². The molecule has 3 fully saturated rings. The standard InChI is InChI=1S/C16H28N4O2/c1-17-15(22)20-10-5-13-16(7-12-20,6-11-18(13)2)14(21)19-8-3-4-9-19/h13H,3-12H2,1-2H3,(H,17,22)/t13-,16-/m0/s1. The largest absolute Gasteiger partial charge is 0.342 e. The Morgan fingerprint density at radius 2 is 1.68 bits per heavy atom. The van der Waals surface area contributed by atoms with E-state index in [0.717, 1.165) is 58.3 Å². The van der Waals surface area contributed by atoms with Crippen molar-refractivity contribution < 1.29 is 9.59 Å². The fourth-order valence-electron chi connectivity index (χ4n) is 4.59. The molecular formula is C16H28N4O2. The van der Waals surface area contributed by atoms with Crippen LogP contribution in [0.1, 0.15) is 32.1 Å². The average molecular weight is 308 g/mol. The van der Waals surface area contributed by atoms with Crippen LogP contribution in [0.3, 0.4) is 0 Å². The molecule has 0 unspecified atom stereocenters. The maximum absolute atomic E-state index is 13.2. The number of carbonyl (C=O) groups is 2. The van der Waals surface area contributed by atoms with Crippen LogP contribution in [-0.4, -0.2) is 79.5 Å². The molecule has 0 aromatic heterocycles. The first-order valence-electron chi connectivity index (χ1n) is 8.55. The van der Waals surface area contributed by atoms with Gasteiger partial charge in [-0.1, -0.05) is 0 Å². The highest BCUT2D eigenvalue weighted by Gasteiger charge is 2.54. The third-order valence-electron chi connectivity index (χ3n) is 5.90. The Labute approximate surface area is 132 Å². The van der Waals surface area contributed by atoms with E-state index in [1.54, 1.807) is 7.05 Å². The molecule has 1 N–H and O–H groups in total. The SMILES string of the molecule is CNC(=O)N1CC[C@@H]2N(C)CC[C@]2(C(=O)N2CCCC2)CC1. The van der Waals surface area contributed by atoms with Gasteiger partial charge in [0.25, 0.3) is 0 Å². The average Bonchev–Trinajstić information content (AvgIpc) is 3.11. The third-order valence-corrected chi connectivity index (χ3v) is 5.90. The lowest BCUT2D eigenvalue weighted by Crippen LogP contribution is -2.49. The van der Waals surface area contributed by atoms with Gasteiger partial charge in [0.1, 0.15) is 0 Å². The molecule has 3 amide bonds. The number of carbonyl (C=O) groups excluding carboxylic acids is 2. The van der Waals surface area contributed by atoms with E-state index in [1.165, 1.54) is 0 Å². The number of likely N-dealkylation sites (tertiary alicyclic amines) is 3. The van der Waals surface area contributed by atoms with E-state index in [4.69, 9.17) is 0 Å².